The average molecular weight is 282 g/mol. The van der Waals surface area contributed by atoms with Gasteiger partial charge in [0.15, 0.2) is 0 Å². The number of nitrogens with one attached hydrogen (secondary N) is 1. The summed E-state index contributed by atoms with van der Waals surface area (Å²) in [5.74, 6) is 0. The smallest absolute Gasteiger partial charge is 0.0860 e. The maximum Gasteiger partial charge on any atom is 0.0860 e. The van der Waals surface area contributed by atoms with Gasteiger partial charge in [-0.3, -0.25) is 5.41 Å². The predicted molar refractivity (Wildman–Crippen MR) is 62.4 cm³/mol. The molecule has 1 unspecified atom stereocenters. The largest absolute Gasteiger partial charge is 0.299 e. The highest BCUT2D eigenvalue weighted by molar-refractivity contribution is 14.1. The van der Waals surface area contributed by atoms with Gasteiger partial charge in [-0.05, 0) is 32.2 Å². The Balaban J connectivity index is 4.55. The highest BCUT2D eigenvalue weighted by Gasteiger charge is 2.12. The molecule has 0 aromatic heterocycles. The molecule has 0 rings (SSSR count). The van der Waals surface area contributed by atoms with Crippen LogP contribution in [-0.2, 0) is 0 Å². The van der Waals surface area contributed by atoms with Crippen LogP contribution < -0.4 is 0 Å². The zero-order chi connectivity index (χ0) is 9.02. The van der Waals surface area contributed by atoms with E-state index >= 15 is 0 Å². The number of hydrogen-bond acceptors (Lipinski definition) is 3. The lowest BCUT2D eigenvalue weighted by atomic mass is 10.1. The van der Waals surface area contributed by atoms with Crippen molar-refractivity contribution in [3.63, 3.8) is 0 Å². The lowest BCUT2D eigenvalue weighted by molar-refractivity contribution is 1.36. The van der Waals surface area contributed by atoms with Crippen molar-refractivity contribution in [2.75, 3.05) is 0 Å². The molecule has 0 aromatic rings. The number of hydrogen-bond donors (Lipinski definition) is 2. The SMILES string of the molecule is C=C(C)C(=N)C(=NS)C(C)I. The number of rotatable bonds is 3. The number of nitrogens with zero attached hydrogens (tertiary/aromatic N) is 1. The number of alkyl halides is 1. The third-order valence-corrected chi connectivity index (χ3v) is 1.97. The van der Waals surface area contributed by atoms with E-state index in [4.69, 9.17) is 5.41 Å². The number of halogens is 1. The van der Waals surface area contributed by atoms with E-state index in [1.807, 2.05) is 6.92 Å². The molecule has 0 aromatic carbocycles. The summed E-state index contributed by atoms with van der Waals surface area (Å²) in [4.78, 5) is 0. The van der Waals surface area contributed by atoms with Crippen molar-refractivity contribution in [2.45, 2.75) is 17.8 Å². The highest BCUT2D eigenvalue weighted by Crippen LogP contribution is 2.08. The van der Waals surface area contributed by atoms with Gasteiger partial charge in [0, 0.05) is 0 Å². The van der Waals surface area contributed by atoms with Crippen molar-refractivity contribution in [3.8, 4) is 0 Å². The molecule has 0 aliphatic heterocycles. The maximum absolute atomic E-state index is 7.55. The molecule has 1 atom stereocenters. The van der Waals surface area contributed by atoms with E-state index in [1.54, 1.807) is 6.92 Å². The van der Waals surface area contributed by atoms with E-state index < -0.39 is 0 Å². The van der Waals surface area contributed by atoms with Crippen LogP contribution in [-0.4, -0.2) is 15.3 Å². The van der Waals surface area contributed by atoms with Gasteiger partial charge >= 0.3 is 0 Å². The quantitative estimate of drug-likeness (QED) is 0.345. The summed E-state index contributed by atoms with van der Waals surface area (Å²) in [5, 5.41) is 7.55. The molecule has 1 N–H and O–H groups in total. The number of allylic oxidation sites excluding steroid dienone is 1. The van der Waals surface area contributed by atoms with E-state index in [9.17, 15) is 0 Å². The highest BCUT2D eigenvalue weighted by atomic mass is 127. The summed E-state index contributed by atoms with van der Waals surface area (Å²) in [6.07, 6.45) is 0. The Hall–Kier alpha value is 0.160. The molecule has 0 aliphatic carbocycles. The molecule has 0 bridgehead atoms. The van der Waals surface area contributed by atoms with Gasteiger partial charge in [0.2, 0.25) is 0 Å². The molecular formula is C7H11IN2S. The van der Waals surface area contributed by atoms with E-state index in [1.165, 1.54) is 0 Å². The van der Waals surface area contributed by atoms with Gasteiger partial charge in [-0.15, -0.1) is 0 Å². The van der Waals surface area contributed by atoms with Crippen LogP contribution >= 0.6 is 35.4 Å². The van der Waals surface area contributed by atoms with Crippen molar-refractivity contribution in [2.24, 2.45) is 4.40 Å². The first-order valence-electron chi connectivity index (χ1n) is 3.11. The molecule has 62 valence electrons. The molecule has 0 aliphatic rings. The summed E-state index contributed by atoms with van der Waals surface area (Å²) in [7, 11) is 0. The van der Waals surface area contributed by atoms with Crippen LogP contribution in [0.3, 0.4) is 0 Å². The first-order valence-corrected chi connectivity index (χ1v) is 4.76. The summed E-state index contributed by atoms with van der Waals surface area (Å²) in [6, 6.07) is 0. The van der Waals surface area contributed by atoms with Crippen molar-refractivity contribution in [3.05, 3.63) is 12.2 Å². The Bertz CT molecular complexity index is 208. The summed E-state index contributed by atoms with van der Waals surface area (Å²) < 4.78 is 3.93. The van der Waals surface area contributed by atoms with Gasteiger partial charge in [0.25, 0.3) is 0 Å². The Kier molecular flexibility index (Phi) is 4.99. The van der Waals surface area contributed by atoms with Crippen LogP contribution in [0.15, 0.2) is 16.5 Å². The third-order valence-electron chi connectivity index (χ3n) is 1.17. The normalized spacial score (nSPS) is 14.4. The molecule has 2 nitrogen and oxygen atoms in total. The van der Waals surface area contributed by atoms with E-state index in [-0.39, 0.29) is 3.92 Å². The average Bonchev–Trinajstić information content (AvgIpc) is 1.88. The molecule has 0 amide bonds. The standard InChI is InChI=1S/C7H11IN2S/c1-4(2)6(9)7(10-11)5(3)8/h5,9,11H,1H2,2-3H3. The topological polar surface area (TPSA) is 36.2 Å². The first-order chi connectivity index (χ1) is 5.00. The van der Waals surface area contributed by atoms with Crippen LogP contribution in [0.2, 0.25) is 0 Å². The minimum absolute atomic E-state index is 0.203. The molecule has 11 heavy (non-hydrogen) atoms. The lowest BCUT2D eigenvalue weighted by Gasteiger charge is -2.07. The molecule has 0 saturated carbocycles. The molecule has 0 saturated heterocycles. The van der Waals surface area contributed by atoms with Crippen LogP contribution in [0.1, 0.15) is 13.8 Å². The minimum atomic E-state index is 0.203. The van der Waals surface area contributed by atoms with E-state index in [0.717, 1.165) is 5.57 Å². The molecule has 0 radical (unpaired) electrons. The second-order valence-corrected chi connectivity index (χ2v) is 4.33. The van der Waals surface area contributed by atoms with E-state index in [2.05, 4.69) is 46.4 Å². The maximum atomic E-state index is 7.55. The monoisotopic (exact) mass is 282 g/mol. The molecule has 4 heteroatoms. The second-order valence-electron chi connectivity index (χ2n) is 2.26. The number of thiol groups is 1. The summed E-state index contributed by atoms with van der Waals surface area (Å²) >= 11 is 5.98. The Morgan fingerprint density at radius 3 is 2.27 bits per heavy atom. The van der Waals surface area contributed by atoms with Gasteiger partial charge in [0.05, 0.1) is 15.3 Å². The van der Waals surface area contributed by atoms with Crippen LogP contribution in [0.5, 0.6) is 0 Å². The van der Waals surface area contributed by atoms with Gasteiger partial charge < -0.3 is 0 Å². The van der Waals surface area contributed by atoms with E-state index in [0.29, 0.717) is 11.4 Å². The molecule has 0 heterocycles. The lowest BCUT2D eigenvalue weighted by Crippen LogP contribution is -2.21. The fourth-order valence-corrected chi connectivity index (χ4v) is 1.49. The van der Waals surface area contributed by atoms with Crippen molar-refractivity contribution >= 4 is 46.8 Å². The van der Waals surface area contributed by atoms with Gasteiger partial charge in [0.1, 0.15) is 0 Å². The van der Waals surface area contributed by atoms with Crippen molar-refractivity contribution in [1.29, 1.82) is 5.41 Å². The zero-order valence-electron chi connectivity index (χ0n) is 6.56. The summed E-state index contributed by atoms with van der Waals surface area (Å²) in [5.41, 5.74) is 1.80. The third kappa shape index (κ3) is 3.37. The van der Waals surface area contributed by atoms with Gasteiger partial charge in [-0.1, -0.05) is 29.2 Å². The zero-order valence-corrected chi connectivity index (χ0v) is 9.61. The first kappa shape index (κ1) is 11.2. The Morgan fingerprint density at radius 2 is 2.18 bits per heavy atom. The fourth-order valence-electron chi connectivity index (χ4n) is 0.547. The van der Waals surface area contributed by atoms with Gasteiger partial charge in [-0.25, -0.2) is 4.40 Å². The summed E-state index contributed by atoms with van der Waals surface area (Å²) in [6.45, 7) is 7.42. The predicted octanol–water partition coefficient (Wildman–Crippen LogP) is 2.69. The van der Waals surface area contributed by atoms with Crippen molar-refractivity contribution in [1.82, 2.24) is 0 Å². The Morgan fingerprint density at radius 1 is 1.73 bits per heavy atom. The minimum Gasteiger partial charge on any atom is -0.299 e. The van der Waals surface area contributed by atoms with Gasteiger partial charge in [-0.2, -0.15) is 0 Å². The second kappa shape index (κ2) is 4.92. The van der Waals surface area contributed by atoms with Crippen molar-refractivity contribution < 1.29 is 0 Å². The molecule has 0 spiro atoms. The Labute approximate surface area is 86.4 Å². The van der Waals surface area contributed by atoms with Crippen LogP contribution in [0.25, 0.3) is 0 Å². The fraction of sp³-hybridized carbons (Fsp3) is 0.429. The molecule has 0 fully saturated rings. The van der Waals surface area contributed by atoms with Crippen LogP contribution in [0.4, 0.5) is 0 Å². The molecular weight excluding hydrogens is 271 g/mol. The van der Waals surface area contributed by atoms with Crippen LogP contribution in [0, 0.1) is 5.41 Å².